The maximum Gasteiger partial charge on any atom is 0.272 e. The van der Waals surface area contributed by atoms with Gasteiger partial charge in [-0.25, -0.2) is 0 Å². The number of ether oxygens (including phenoxy) is 1. The van der Waals surface area contributed by atoms with E-state index >= 15 is 0 Å². The molecule has 90 valence electrons. The van der Waals surface area contributed by atoms with Gasteiger partial charge in [0.15, 0.2) is 0 Å². The number of aromatic nitrogens is 2. The Bertz CT molecular complexity index is 350. The normalized spacial score (nSPS) is 12.4. The summed E-state index contributed by atoms with van der Waals surface area (Å²) in [6, 6.07) is 1.55. The number of amides is 1. The lowest BCUT2D eigenvalue weighted by atomic mass is 10.2. The number of anilines is 1. The Morgan fingerprint density at radius 1 is 1.75 bits per heavy atom. The molecule has 1 aromatic heterocycles. The number of nitrogens with zero attached hydrogens (tertiary/aromatic N) is 2. The minimum absolute atomic E-state index is 0.0204. The van der Waals surface area contributed by atoms with Crippen molar-refractivity contribution >= 4 is 11.7 Å². The highest BCUT2D eigenvalue weighted by Gasteiger charge is 2.21. The maximum atomic E-state index is 12.0. The lowest BCUT2D eigenvalue weighted by molar-refractivity contribution is 0.0573. The number of nitrogen functional groups attached to an aromatic ring is 1. The van der Waals surface area contributed by atoms with E-state index in [-0.39, 0.29) is 11.9 Å². The minimum Gasteiger partial charge on any atom is -0.383 e. The quantitative estimate of drug-likeness (QED) is 0.765. The molecular weight excluding hydrogens is 208 g/mol. The van der Waals surface area contributed by atoms with Gasteiger partial charge in [0, 0.05) is 19.7 Å². The van der Waals surface area contributed by atoms with Crippen molar-refractivity contribution in [3.8, 4) is 0 Å². The summed E-state index contributed by atoms with van der Waals surface area (Å²) < 4.78 is 5.03. The van der Waals surface area contributed by atoms with Crippen molar-refractivity contribution < 1.29 is 9.53 Å². The van der Waals surface area contributed by atoms with Crippen LogP contribution in [-0.4, -0.2) is 47.3 Å². The second-order valence-electron chi connectivity index (χ2n) is 3.60. The van der Waals surface area contributed by atoms with Crippen LogP contribution >= 0.6 is 0 Å². The largest absolute Gasteiger partial charge is 0.383 e. The number of H-pyrrole nitrogens is 1. The molecule has 0 aliphatic carbocycles. The Morgan fingerprint density at radius 2 is 2.44 bits per heavy atom. The van der Waals surface area contributed by atoms with E-state index in [9.17, 15) is 4.79 Å². The summed E-state index contributed by atoms with van der Waals surface area (Å²) in [5.41, 5.74) is 5.86. The first kappa shape index (κ1) is 12.5. The van der Waals surface area contributed by atoms with Crippen LogP contribution in [0.2, 0.25) is 0 Å². The van der Waals surface area contributed by atoms with Crippen LogP contribution in [0.15, 0.2) is 6.07 Å². The molecule has 6 heteroatoms. The highest BCUT2D eigenvalue weighted by atomic mass is 16.5. The van der Waals surface area contributed by atoms with Gasteiger partial charge in [-0.3, -0.25) is 9.89 Å². The number of nitrogens with two attached hydrogens (primary N) is 1. The van der Waals surface area contributed by atoms with Gasteiger partial charge < -0.3 is 15.4 Å². The molecule has 16 heavy (non-hydrogen) atoms. The minimum atomic E-state index is -0.115. The Balaban J connectivity index is 2.77. The number of aromatic amines is 1. The Kier molecular flexibility index (Phi) is 4.30. The summed E-state index contributed by atoms with van der Waals surface area (Å²) in [6.45, 7) is 4.97. The molecule has 1 atom stereocenters. The van der Waals surface area contributed by atoms with Crippen molar-refractivity contribution in [2.75, 3.05) is 26.0 Å². The molecule has 0 bridgehead atoms. The molecule has 0 saturated heterocycles. The average Bonchev–Trinajstić information content (AvgIpc) is 2.66. The van der Waals surface area contributed by atoms with Crippen LogP contribution in [0.25, 0.3) is 0 Å². The third-order valence-corrected chi connectivity index (χ3v) is 2.37. The van der Waals surface area contributed by atoms with Gasteiger partial charge in [0.1, 0.15) is 11.5 Å². The lowest BCUT2D eigenvalue weighted by Crippen LogP contribution is -2.41. The second kappa shape index (κ2) is 5.50. The van der Waals surface area contributed by atoms with Gasteiger partial charge in [-0.1, -0.05) is 0 Å². The maximum absolute atomic E-state index is 12.0. The molecule has 6 nitrogen and oxygen atoms in total. The Labute approximate surface area is 94.8 Å². The van der Waals surface area contributed by atoms with Gasteiger partial charge in [0.05, 0.1) is 12.6 Å². The summed E-state index contributed by atoms with van der Waals surface area (Å²) in [4.78, 5) is 13.8. The molecule has 1 aromatic rings. The van der Waals surface area contributed by atoms with Crippen LogP contribution in [0.3, 0.4) is 0 Å². The number of likely N-dealkylation sites (N-methyl/N-ethyl adjacent to an activating group) is 1. The van der Waals surface area contributed by atoms with Gasteiger partial charge in [0.2, 0.25) is 0 Å². The summed E-state index contributed by atoms with van der Waals surface area (Å²) in [5.74, 6) is 0.204. The van der Waals surface area contributed by atoms with Crippen molar-refractivity contribution in [2.45, 2.75) is 19.9 Å². The molecule has 1 unspecified atom stereocenters. The molecule has 3 N–H and O–H groups in total. The van der Waals surface area contributed by atoms with E-state index in [4.69, 9.17) is 10.5 Å². The van der Waals surface area contributed by atoms with E-state index < -0.39 is 0 Å². The number of rotatable bonds is 5. The topological polar surface area (TPSA) is 84.2 Å². The van der Waals surface area contributed by atoms with Gasteiger partial charge in [-0.15, -0.1) is 0 Å². The van der Waals surface area contributed by atoms with E-state index in [0.717, 1.165) is 0 Å². The third kappa shape index (κ3) is 2.73. The van der Waals surface area contributed by atoms with E-state index in [1.165, 1.54) is 6.07 Å². The summed E-state index contributed by atoms with van der Waals surface area (Å²) in [6.07, 6.45) is 0. The van der Waals surface area contributed by atoms with E-state index in [1.54, 1.807) is 12.0 Å². The fraction of sp³-hybridized carbons (Fsp3) is 0.600. The molecule has 1 amide bonds. The molecule has 0 aliphatic rings. The number of methoxy groups -OCH3 is 1. The van der Waals surface area contributed by atoms with E-state index in [0.29, 0.717) is 24.7 Å². The monoisotopic (exact) mass is 226 g/mol. The summed E-state index contributed by atoms with van der Waals surface area (Å²) >= 11 is 0. The molecule has 0 spiro atoms. The molecule has 0 fully saturated rings. The molecule has 1 heterocycles. The van der Waals surface area contributed by atoms with Crippen LogP contribution in [0.5, 0.6) is 0 Å². The number of carbonyl (C=O) groups is 1. The molecule has 1 rings (SSSR count). The van der Waals surface area contributed by atoms with Gasteiger partial charge >= 0.3 is 0 Å². The molecule has 0 saturated carbocycles. The Morgan fingerprint density at radius 3 is 2.88 bits per heavy atom. The molecular formula is C10H18N4O2. The fourth-order valence-corrected chi connectivity index (χ4v) is 1.59. The van der Waals surface area contributed by atoms with Crippen LogP contribution < -0.4 is 5.73 Å². The van der Waals surface area contributed by atoms with Crippen molar-refractivity contribution in [1.82, 2.24) is 15.1 Å². The zero-order chi connectivity index (χ0) is 12.1. The van der Waals surface area contributed by atoms with Gasteiger partial charge in [-0.2, -0.15) is 5.10 Å². The first-order chi connectivity index (χ1) is 7.60. The van der Waals surface area contributed by atoms with Crippen molar-refractivity contribution in [3.63, 3.8) is 0 Å². The second-order valence-corrected chi connectivity index (χ2v) is 3.60. The number of hydrogen-bond donors (Lipinski definition) is 2. The zero-order valence-corrected chi connectivity index (χ0v) is 9.86. The van der Waals surface area contributed by atoms with Crippen LogP contribution in [0.4, 0.5) is 5.82 Å². The lowest BCUT2D eigenvalue weighted by Gasteiger charge is -2.26. The molecule has 0 radical (unpaired) electrons. The fourth-order valence-electron chi connectivity index (χ4n) is 1.59. The van der Waals surface area contributed by atoms with E-state index in [2.05, 4.69) is 10.2 Å². The molecule has 0 aromatic carbocycles. The predicted molar refractivity (Wildman–Crippen MR) is 61.0 cm³/mol. The standard InChI is InChI=1S/C10H18N4O2/c1-4-14(7(2)6-16-3)10(15)8-5-9(11)13-12-8/h5,7H,4,6H2,1-3H3,(H3,11,12,13). The Hall–Kier alpha value is -1.56. The smallest absolute Gasteiger partial charge is 0.272 e. The number of carbonyl (C=O) groups excluding carboxylic acids is 1. The van der Waals surface area contributed by atoms with E-state index in [1.807, 2.05) is 13.8 Å². The van der Waals surface area contributed by atoms with Crippen LogP contribution in [0, 0.1) is 0 Å². The SMILES string of the molecule is CCN(C(=O)c1cc(N)n[nH]1)C(C)COC. The number of nitrogens with one attached hydrogen (secondary N) is 1. The molecule has 0 aliphatic heterocycles. The average molecular weight is 226 g/mol. The third-order valence-electron chi connectivity index (χ3n) is 2.37. The highest BCUT2D eigenvalue weighted by molar-refractivity contribution is 5.93. The first-order valence-electron chi connectivity index (χ1n) is 5.21. The zero-order valence-electron chi connectivity index (χ0n) is 9.86. The van der Waals surface area contributed by atoms with Crippen LogP contribution in [0.1, 0.15) is 24.3 Å². The first-order valence-corrected chi connectivity index (χ1v) is 5.21. The van der Waals surface area contributed by atoms with Crippen molar-refractivity contribution in [1.29, 1.82) is 0 Å². The van der Waals surface area contributed by atoms with Crippen LogP contribution in [-0.2, 0) is 4.74 Å². The number of hydrogen-bond acceptors (Lipinski definition) is 4. The van der Waals surface area contributed by atoms with Crippen molar-refractivity contribution in [2.24, 2.45) is 0 Å². The van der Waals surface area contributed by atoms with Crippen molar-refractivity contribution in [3.05, 3.63) is 11.8 Å². The van der Waals surface area contributed by atoms with Gasteiger partial charge in [-0.05, 0) is 13.8 Å². The summed E-state index contributed by atoms with van der Waals surface area (Å²) in [7, 11) is 1.61. The predicted octanol–water partition coefficient (Wildman–Crippen LogP) is 0.489. The summed E-state index contributed by atoms with van der Waals surface area (Å²) in [5, 5.41) is 6.34. The highest BCUT2D eigenvalue weighted by Crippen LogP contribution is 2.08. The van der Waals surface area contributed by atoms with Gasteiger partial charge in [0.25, 0.3) is 5.91 Å².